The molecule has 0 aliphatic carbocycles. The highest BCUT2D eigenvalue weighted by Crippen LogP contribution is 2.55. The molecule has 1 unspecified atom stereocenters. The molecule has 0 spiro atoms. The Labute approximate surface area is 255 Å². The molecule has 3 heterocycles. The first-order valence-corrected chi connectivity index (χ1v) is 16.9. The van der Waals surface area contributed by atoms with Gasteiger partial charge in [-0.15, -0.1) is 0 Å². The van der Waals surface area contributed by atoms with Crippen LogP contribution in [0, 0.1) is 0 Å². The minimum absolute atomic E-state index is 0.0236. The van der Waals surface area contributed by atoms with Crippen LogP contribution in [0.25, 0.3) is 33.6 Å². The SMILES string of the molecule is CCP1(=O)c2ccccc2-c2c(-c3cc(C(C)(C)C)ccn3)cc(Oc3cccc(-c4cc(C(C)(C)C)ccn4)c3)cc21. The summed E-state index contributed by atoms with van der Waals surface area (Å²) < 4.78 is 21.3. The molecule has 0 bridgehead atoms. The maximum Gasteiger partial charge on any atom is 0.144 e. The molecule has 4 nitrogen and oxygen atoms in total. The molecule has 5 heteroatoms. The van der Waals surface area contributed by atoms with E-state index in [0.717, 1.165) is 44.3 Å². The van der Waals surface area contributed by atoms with Crippen LogP contribution in [-0.4, -0.2) is 16.1 Å². The van der Waals surface area contributed by atoms with Crippen molar-refractivity contribution in [3.8, 4) is 45.1 Å². The highest BCUT2D eigenvalue weighted by Gasteiger charge is 2.39. The average molecular weight is 587 g/mol. The lowest BCUT2D eigenvalue weighted by Gasteiger charge is -2.21. The Balaban J connectivity index is 1.49. The van der Waals surface area contributed by atoms with E-state index in [2.05, 4.69) is 89.0 Å². The summed E-state index contributed by atoms with van der Waals surface area (Å²) in [6.45, 7) is 15.2. The highest BCUT2D eigenvalue weighted by atomic mass is 31.2. The van der Waals surface area contributed by atoms with E-state index in [4.69, 9.17) is 9.72 Å². The highest BCUT2D eigenvalue weighted by molar-refractivity contribution is 7.80. The Morgan fingerprint density at radius 2 is 1.30 bits per heavy atom. The number of nitrogens with zero attached hydrogens (tertiary/aromatic N) is 2. The van der Waals surface area contributed by atoms with Gasteiger partial charge in [0.1, 0.15) is 18.6 Å². The van der Waals surface area contributed by atoms with Crippen molar-refractivity contribution >= 4 is 17.8 Å². The molecule has 1 aliphatic heterocycles. The molecular formula is C38H39N2O2P. The molecule has 5 aromatic rings. The van der Waals surface area contributed by atoms with Gasteiger partial charge in [-0.25, -0.2) is 0 Å². The number of benzene rings is 3. The number of hydrogen-bond acceptors (Lipinski definition) is 4. The number of rotatable bonds is 5. The summed E-state index contributed by atoms with van der Waals surface area (Å²) in [5, 5.41) is 1.77. The molecule has 43 heavy (non-hydrogen) atoms. The van der Waals surface area contributed by atoms with Crippen LogP contribution in [0.2, 0.25) is 0 Å². The molecule has 0 amide bonds. The van der Waals surface area contributed by atoms with E-state index >= 15 is 0 Å². The van der Waals surface area contributed by atoms with E-state index in [0.29, 0.717) is 17.7 Å². The van der Waals surface area contributed by atoms with Crippen molar-refractivity contribution in [2.45, 2.75) is 59.3 Å². The van der Waals surface area contributed by atoms with Crippen molar-refractivity contribution in [3.05, 3.63) is 108 Å². The number of fused-ring (bicyclic) bond motifs is 3. The molecular weight excluding hydrogens is 547 g/mol. The van der Waals surface area contributed by atoms with E-state index in [1.807, 2.05) is 61.8 Å². The lowest BCUT2D eigenvalue weighted by Crippen LogP contribution is -2.13. The second kappa shape index (κ2) is 10.6. The van der Waals surface area contributed by atoms with Gasteiger partial charge < -0.3 is 9.30 Å². The van der Waals surface area contributed by atoms with Crippen molar-refractivity contribution in [1.82, 2.24) is 9.97 Å². The Morgan fingerprint density at radius 1 is 0.651 bits per heavy atom. The third-order valence-electron chi connectivity index (χ3n) is 8.38. The van der Waals surface area contributed by atoms with Gasteiger partial charge in [0.2, 0.25) is 0 Å². The van der Waals surface area contributed by atoms with Crippen molar-refractivity contribution in [2.24, 2.45) is 0 Å². The zero-order valence-corrected chi connectivity index (χ0v) is 27.0. The maximum atomic E-state index is 14.7. The van der Waals surface area contributed by atoms with E-state index in [1.165, 1.54) is 11.1 Å². The van der Waals surface area contributed by atoms with Crippen LogP contribution in [0.15, 0.2) is 97.3 Å². The molecule has 0 fully saturated rings. The lowest BCUT2D eigenvalue weighted by molar-refractivity contribution is 0.483. The number of pyridine rings is 2. The third kappa shape index (κ3) is 5.34. The molecule has 1 aliphatic rings. The Morgan fingerprint density at radius 3 is 1.98 bits per heavy atom. The summed E-state index contributed by atoms with van der Waals surface area (Å²) in [5.74, 6) is 1.34. The van der Waals surface area contributed by atoms with E-state index in [9.17, 15) is 4.57 Å². The minimum Gasteiger partial charge on any atom is -0.457 e. The van der Waals surface area contributed by atoms with Gasteiger partial charge in [-0.3, -0.25) is 9.97 Å². The van der Waals surface area contributed by atoms with Crippen LogP contribution in [0.1, 0.15) is 59.6 Å². The van der Waals surface area contributed by atoms with Crippen LogP contribution in [0.5, 0.6) is 11.5 Å². The Hall–Kier alpha value is -4.01. The zero-order chi connectivity index (χ0) is 30.6. The summed E-state index contributed by atoms with van der Waals surface area (Å²) in [4.78, 5) is 9.48. The monoisotopic (exact) mass is 586 g/mol. The Bertz CT molecular complexity index is 1900. The van der Waals surface area contributed by atoms with E-state index in [-0.39, 0.29) is 10.8 Å². The van der Waals surface area contributed by atoms with Gasteiger partial charge in [0.15, 0.2) is 0 Å². The summed E-state index contributed by atoms with van der Waals surface area (Å²) in [5.41, 5.74) is 8.12. The molecule has 0 saturated heterocycles. The molecule has 0 radical (unpaired) electrons. The van der Waals surface area contributed by atoms with Crippen LogP contribution in [0.4, 0.5) is 0 Å². The quantitative estimate of drug-likeness (QED) is 0.193. The van der Waals surface area contributed by atoms with Gasteiger partial charge in [-0.2, -0.15) is 0 Å². The molecule has 0 N–H and O–H groups in total. The first-order chi connectivity index (χ1) is 20.4. The van der Waals surface area contributed by atoms with Crippen LogP contribution < -0.4 is 15.3 Å². The molecule has 0 saturated carbocycles. The fraction of sp³-hybridized carbons (Fsp3) is 0.263. The van der Waals surface area contributed by atoms with Crippen molar-refractivity contribution in [1.29, 1.82) is 0 Å². The molecule has 218 valence electrons. The Kier molecular flexibility index (Phi) is 7.18. The van der Waals surface area contributed by atoms with E-state index < -0.39 is 7.14 Å². The summed E-state index contributed by atoms with van der Waals surface area (Å²) in [6, 6.07) is 28.6. The maximum absolute atomic E-state index is 14.7. The first kappa shape index (κ1) is 29.1. The summed E-state index contributed by atoms with van der Waals surface area (Å²) >= 11 is 0. The van der Waals surface area contributed by atoms with Crippen molar-refractivity contribution in [2.75, 3.05) is 6.16 Å². The predicted molar refractivity (Wildman–Crippen MR) is 180 cm³/mol. The second-order valence-corrected chi connectivity index (χ2v) is 16.5. The van der Waals surface area contributed by atoms with Crippen LogP contribution >= 0.6 is 7.14 Å². The standard InChI is InChI=1S/C38H39N2O2P/c1-8-43(41)34-15-10-9-14-30(34)36-31(33-22-27(17-19-40-33)38(5,6)7)23-29(24-35(36)43)42-28-13-11-12-25(20-28)32-21-26(16-18-39-32)37(2,3)4/h9-24H,8H2,1-7H3. The third-order valence-corrected chi connectivity index (χ3v) is 11.6. The van der Waals surface area contributed by atoms with Gasteiger partial charge >= 0.3 is 0 Å². The second-order valence-electron chi connectivity index (χ2n) is 13.4. The summed E-state index contributed by atoms with van der Waals surface area (Å²) in [7, 11) is -2.85. The van der Waals surface area contributed by atoms with E-state index in [1.54, 1.807) is 0 Å². The van der Waals surface area contributed by atoms with Gasteiger partial charge in [-0.05, 0) is 76.1 Å². The van der Waals surface area contributed by atoms with Gasteiger partial charge in [-0.1, -0.05) is 84.9 Å². The molecule has 3 aromatic carbocycles. The largest absolute Gasteiger partial charge is 0.457 e. The fourth-order valence-electron chi connectivity index (χ4n) is 5.85. The minimum atomic E-state index is -2.85. The molecule has 2 aromatic heterocycles. The zero-order valence-electron chi connectivity index (χ0n) is 26.1. The smallest absolute Gasteiger partial charge is 0.144 e. The summed E-state index contributed by atoms with van der Waals surface area (Å²) in [6.07, 6.45) is 4.29. The van der Waals surface area contributed by atoms with Gasteiger partial charge in [0, 0.05) is 45.9 Å². The number of ether oxygens (including phenoxy) is 1. The molecule has 1 atom stereocenters. The molecule has 6 rings (SSSR count). The van der Waals surface area contributed by atoms with Crippen molar-refractivity contribution in [3.63, 3.8) is 0 Å². The average Bonchev–Trinajstić information content (AvgIpc) is 3.25. The lowest BCUT2D eigenvalue weighted by atomic mass is 9.86. The predicted octanol–water partition coefficient (Wildman–Crippen LogP) is 9.51. The van der Waals surface area contributed by atoms with Gasteiger partial charge in [0.25, 0.3) is 0 Å². The normalized spacial score (nSPS) is 16.1. The van der Waals surface area contributed by atoms with Crippen LogP contribution in [-0.2, 0) is 15.4 Å². The topological polar surface area (TPSA) is 52.1 Å². The van der Waals surface area contributed by atoms with Crippen molar-refractivity contribution < 1.29 is 9.30 Å². The van der Waals surface area contributed by atoms with Gasteiger partial charge in [0.05, 0.1) is 11.4 Å². The van der Waals surface area contributed by atoms with Crippen LogP contribution in [0.3, 0.4) is 0 Å². The number of hydrogen-bond donors (Lipinski definition) is 0. The number of aromatic nitrogens is 2. The fourth-order valence-corrected chi connectivity index (χ4v) is 8.64. The first-order valence-electron chi connectivity index (χ1n) is 15.0.